The molecule has 0 aromatic heterocycles. The normalized spacial score (nSPS) is 12.4. The second-order valence-corrected chi connectivity index (χ2v) is 5.97. The Balaban J connectivity index is 0.00000261. The lowest BCUT2D eigenvalue weighted by Gasteiger charge is -2.22. The van der Waals surface area contributed by atoms with Crippen molar-refractivity contribution in [3.8, 4) is 28.7 Å². The first-order chi connectivity index (χ1) is 12.6. The van der Waals surface area contributed by atoms with Crippen molar-refractivity contribution in [2.75, 3.05) is 35.0 Å². The quantitative estimate of drug-likeness (QED) is 0.814. The molecule has 7 heteroatoms. The average Bonchev–Trinajstić information content (AvgIpc) is 2.67. The Morgan fingerprint density at radius 1 is 0.926 bits per heavy atom. The zero-order chi connectivity index (χ0) is 18.7. The van der Waals surface area contributed by atoms with Gasteiger partial charge in [0.05, 0.1) is 34.2 Å². The first-order valence-electron chi connectivity index (χ1n) is 8.33. The van der Waals surface area contributed by atoms with Crippen LogP contribution in [0.2, 0.25) is 0 Å². The molecular weight excluding hydrogens is 370 g/mol. The Labute approximate surface area is 165 Å². The fourth-order valence-electron chi connectivity index (χ4n) is 3.24. The summed E-state index contributed by atoms with van der Waals surface area (Å²) < 4.78 is 21.4. The van der Waals surface area contributed by atoms with E-state index in [1.54, 1.807) is 21.3 Å². The molecule has 0 amide bonds. The highest BCUT2D eigenvalue weighted by Gasteiger charge is 2.25. The lowest BCUT2D eigenvalue weighted by molar-refractivity contribution is 0.332. The summed E-state index contributed by atoms with van der Waals surface area (Å²) in [7, 11) is 6.31. The molecule has 3 rings (SSSR count). The van der Waals surface area contributed by atoms with Crippen LogP contribution in [0.4, 0.5) is 0 Å². The van der Waals surface area contributed by atoms with Gasteiger partial charge in [0.25, 0.3) is 0 Å². The van der Waals surface area contributed by atoms with Crippen LogP contribution in [0.5, 0.6) is 28.7 Å². The van der Waals surface area contributed by atoms with Crippen molar-refractivity contribution in [3.05, 3.63) is 41.0 Å². The molecule has 1 aliphatic rings. The molecule has 0 spiro atoms. The van der Waals surface area contributed by atoms with E-state index in [-0.39, 0.29) is 18.2 Å². The Bertz CT molecular complexity index is 829. The van der Waals surface area contributed by atoms with E-state index in [9.17, 15) is 5.11 Å². The molecule has 1 N–H and O–H groups in total. The Morgan fingerprint density at radius 2 is 1.59 bits per heavy atom. The van der Waals surface area contributed by atoms with E-state index < -0.39 is 0 Å². The fraction of sp³-hybridized carbons (Fsp3) is 0.350. The number of rotatable bonds is 6. The van der Waals surface area contributed by atoms with Crippen molar-refractivity contribution >= 4 is 18.1 Å². The van der Waals surface area contributed by atoms with Crippen LogP contribution < -0.4 is 18.9 Å². The Hall–Kier alpha value is -2.60. The molecule has 0 radical (unpaired) electrons. The molecular formula is C20H24ClNO5. The molecule has 2 aromatic carbocycles. The molecule has 0 fully saturated rings. The molecule has 0 aliphatic carbocycles. The lowest BCUT2D eigenvalue weighted by Crippen LogP contribution is -2.16. The molecule has 1 heterocycles. The summed E-state index contributed by atoms with van der Waals surface area (Å²) >= 11 is 0. The first-order valence-corrected chi connectivity index (χ1v) is 8.33. The van der Waals surface area contributed by atoms with Gasteiger partial charge in [0.1, 0.15) is 11.5 Å². The van der Waals surface area contributed by atoms with Gasteiger partial charge in [-0.1, -0.05) is 0 Å². The number of aromatic hydroxyl groups is 1. The molecule has 0 bridgehead atoms. The van der Waals surface area contributed by atoms with Crippen LogP contribution in [-0.4, -0.2) is 45.8 Å². The van der Waals surface area contributed by atoms with Crippen molar-refractivity contribution in [1.82, 2.24) is 0 Å². The summed E-state index contributed by atoms with van der Waals surface area (Å²) in [6.07, 6.45) is 1.29. The highest BCUT2D eigenvalue weighted by molar-refractivity contribution is 6.07. The van der Waals surface area contributed by atoms with Gasteiger partial charge in [0, 0.05) is 24.6 Å². The lowest BCUT2D eigenvalue weighted by atomic mass is 9.92. The standard InChI is InChI=1S/C20H23NO5.ClH/c1-23-14-7-12(8-15(11-14)24-2)9-16-18-13(5-6-21-16)10-17(25-3)20(26-4)19(18)22;/h7-8,10-11,22H,5-6,9H2,1-4H3;1H. The number of nitrogens with zero attached hydrogens (tertiary/aromatic N) is 1. The maximum Gasteiger partial charge on any atom is 0.203 e. The van der Waals surface area contributed by atoms with E-state index in [0.717, 1.165) is 28.8 Å². The van der Waals surface area contributed by atoms with Gasteiger partial charge in [-0.25, -0.2) is 0 Å². The van der Waals surface area contributed by atoms with Crippen molar-refractivity contribution in [2.24, 2.45) is 4.99 Å². The fourth-order valence-corrected chi connectivity index (χ4v) is 3.24. The smallest absolute Gasteiger partial charge is 0.203 e. The predicted molar refractivity (Wildman–Crippen MR) is 107 cm³/mol. The third-order valence-electron chi connectivity index (χ3n) is 4.48. The van der Waals surface area contributed by atoms with E-state index in [4.69, 9.17) is 18.9 Å². The summed E-state index contributed by atoms with van der Waals surface area (Å²) in [6.45, 7) is 0.665. The van der Waals surface area contributed by atoms with Gasteiger partial charge in [0.2, 0.25) is 5.75 Å². The topological polar surface area (TPSA) is 69.5 Å². The van der Waals surface area contributed by atoms with E-state index in [1.165, 1.54) is 7.11 Å². The van der Waals surface area contributed by atoms with Crippen molar-refractivity contribution in [1.29, 1.82) is 0 Å². The first kappa shape index (κ1) is 20.7. The Morgan fingerprint density at radius 3 is 2.15 bits per heavy atom. The van der Waals surface area contributed by atoms with Gasteiger partial charge in [-0.05, 0) is 35.7 Å². The summed E-state index contributed by atoms with van der Waals surface area (Å²) in [4.78, 5) is 4.65. The molecule has 27 heavy (non-hydrogen) atoms. The second kappa shape index (κ2) is 8.86. The van der Waals surface area contributed by atoms with Crippen molar-refractivity contribution in [2.45, 2.75) is 12.8 Å². The number of phenolic OH excluding ortho intramolecular Hbond substituents is 1. The second-order valence-electron chi connectivity index (χ2n) is 5.97. The van der Waals surface area contributed by atoms with Crippen LogP contribution in [0, 0.1) is 0 Å². The molecule has 0 saturated heterocycles. The van der Waals surface area contributed by atoms with Gasteiger partial charge in [-0.2, -0.15) is 0 Å². The number of phenols is 1. The van der Waals surface area contributed by atoms with Crippen LogP contribution in [0.1, 0.15) is 16.7 Å². The van der Waals surface area contributed by atoms with Crippen LogP contribution >= 0.6 is 12.4 Å². The number of hydrogen-bond acceptors (Lipinski definition) is 6. The maximum absolute atomic E-state index is 10.8. The van der Waals surface area contributed by atoms with Gasteiger partial charge in [0.15, 0.2) is 11.5 Å². The minimum Gasteiger partial charge on any atom is -0.504 e. The molecule has 0 atom stereocenters. The summed E-state index contributed by atoms with van der Waals surface area (Å²) in [5.74, 6) is 2.34. The molecule has 2 aromatic rings. The van der Waals surface area contributed by atoms with Crippen LogP contribution in [0.25, 0.3) is 0 Å². The van der Waals surface area contributed by atoms with E-state index in [2.05, 4.69) is 4.99 Å². The third-order valence-corrected chi connectivity index (χ3v) is 4.48. The SMILES string of the molecule is COc1cc(CC2=NCCc3cc(OC)c(OC)c(O)c32)cc(OC)c1.Cl. The minimum absolute atomic E-state index is 0. The third kappa shape index (κ3) is 4.06. The maximum atomic E-state index is 10.8. The van der Waals surface area contributed by atoms with E-state index in [0.29, 0.717) is 36.0 Å². The summed E-state index contributed by atoms with van der Waals surface area (Å²) in [5.41, 5.74) is 3.51. The van der Waals surface area contributed by atoms with Crippen LogP contribution in [0.3, 0.4) is 0 Å². The van der Waals surface area contributed by atoms with Crippen LogP contribution in [0.15, 0.2) is 29.3 Å². The largest absolute Gasteiger partial charge is 0.504 e. The highest BCUT2D eigenvalue weighted by atomic mass is 35.5. The number of ether oxygens (including phenoxy) is 4. The van der Waals surface area contributed by atoms with Gasteiger partial charge in [-0.3, -0.25) is 4.99 Å². The average molecular weight is 394 g/mol. The number of methoxy groups -OCH3 is 4. The molecule has 146 valence electrons. The Kier molecular flexibility index (Phi) is 6.80. The van der Waals surface area contributed by atoms with Gasteiger partial charge >= 0.3 is 0 Å². The summed E-state index contributed by atoms with van der Waals surface area (Å²) in [5, 5.41) is 10.8. The highest BCUT2D eigenvalue weighted by Crippen LogP contribution is 2.43. The number of aliphatic imine (C=N–C) groups is 1. The van der Waals surface area contributed by atoms with Crippen molar-refractivity contribution < 1.29 is 24.1 Å². The zero-order valence-corrected chi connectivity index (χ0v) is 16.7. The minimum atomic E-state index is 0. The molecule has 6 nitrogen and oxygen atoms in total. The number of benzene rings is 2. The molecule has 1 aliphatic heterocycles. The van der Waals surface area contributed by atoms with E-state index >= 15 is 0 Å². The van der Waals surface area contributed by atoms with Gasteiger partial charge in [-0.15, -0.1) is 12.4 Å². The number of fused-ring (bicyclic) bond motifs is 1. The van der Waals surface area contributed by atoms with Gasteiger partial charge < -0.3 is 24.1 Å². The zero-order valence-electron chi connectivity index (χ0n) is 15.9. The van der Waals surface area contributed by atoms with E-state index in [1.807, 2.05) is 24.3 Å². The molecule has 0 saturated carbocycles. The summed E-state index contributed by atoms with van der Waals surface area (Å²) in [6, 6.07) is 7.62. The number of hydrogen-bond donors (Lipinski definition) is 1. The molecule has 0 unspecified atom stereocenters. The van der Waals surface area contributed by atoms with Crippen molar-refractivity contribution in [3.63, 3.8) is 0 Å². The number of halogens is 1. The predicted octanol–water partition coefficient (Wildman–Crippen LogP) is 3.44. The van der Waals surface area contributed by atoms with Crippen LogP contribution in [-0.2, 0) is 12.8 Å². The monoisotopic (exact) mass is 393 g/mol.